The third-order valence-electron chi connectivity index (χ3n) is 3.37. The molecule has 2 rings (SSSR count). The fraction of sp³-hybridized carbons (Fsp3) is 0.462. The third-order valence-corrected chi connectivity index (χ3v) is 3.37. The average Bonchev–Trinajstić information content (AvgIpc) is 2.49. The van der Waals surface area contributed by atoms with Gasteiger partial charge in [0.1, 0.15) is 5.75 Å². The first kappa shape index (κ1) is 12.1. The Balaban J connectivity index is 2.54. The first-order chi connectivity index (χ1) is 8.14. The van der Waals surface area contributed by atoms with Crippen LogP contribution in [0.2, 0.25) is 0 Å². The molecular weight excluding hydrogens is 220 g/mol. The van der Waals surface area contributed by atoms with Gasteiger partial charge in [-0.25, -0.2) is 0 Å². The van der Waals surface area contributed by atoms with Crippen molar-refractivity contribution in [1.29, 1.82) is 0 Å². The standard InChI is InChI=1S/C13H16O4/c1-9-3-2-4-10-11(9)17-6-5-13(7-14,8-15)12(10)16/h2-4,14-15H,5-8H2,1H3. The summed E-state index contributed by atoms with van der Waals surface area (Å²) in [6.45, 7) is 1.47. The van der Waals surface area contributed by atoms with E-state index in [0.717, 1.165) is 5.56 Å². The molecule has 0 amide bonds. The van der Waals surface area contributed by atoms with E-state index >= 15 is 0 Å². The summed E-state index contributed by atoms with van der Waals surface area (Å²) in [6, 6.07) is 5.33. The first-order valence-electron chi connectivity index (χ1n) is 5.63. The van der Waals surface area contributed by atoms with Crippen LogP contribution in [0.15, 0.2) is 18.2 Å². The van der Waals surface area contributed by atoms with Gasteiger partial charge in [-0.3, -0.25) is 4.79 Å². The molecule has 1 aliphatic heterocycles. The number of aryl methyl sites for hydroxylation is 1. The van der Waals surface area contributed by atoms with Gasteiger partial charge in [0.2, 0.25) is 0 Å². The maximum atomic E-state index is 12.4. The van der Waals surface area contributed by atoms with Gasteiger partial charge in [-0.15, -0.1) is 0 Å². The second-order valence-corrected chi connectivity index (χ2v) is 4.48. The first-order valence-corrected chi connectivity index (χ1v) is 5.63. The number of aliphatic hydroxyl groups excluding tert-OH is 2. The van der Waals surface area contributed by atoms with Gasteiger partial charge < -0.3 is 14.9 Å². The van der Waals surface area contributed by atoms with Crippen LogP contribution in [0.3, 0.4) is 0 Å². The number of carbonyl (C=O) groups excluding carboxylic acids is 1. The highest BCUT2D eigenvalue weighted by Crippen LogP contribution is 2.35. The maximum Gasteiger partial charge on any atom is 0.177 e. The van der Waals surface area contributed by atoms with Crippen molar-refractivity contribution in [3.8, 4) is 5.75 Å². The summed E-state index contributed by atoms with van der Waals surface area (Å²) in [5.74, 6) is 0.333. The van der Waals surface area contributed by atoms with Crippen molar-refractivity contribution >= 4 is 5.78 Å². The maximum absolute atomic E-state index is 12.4. The molecule has 0 radical (unpaired) electrons. The van der Waals surface area contributed by atoms with E-state index in [4.69, 9.17) is 4.74 Å². The second-order valence-electron chi connectivity index (χ2n) is 4.48. The Morgan fingerprint density at radius 1 is 1.35 bits per heavy atom. The summed E-state index contributed by atoms with van der Waals surface area (Å²) in [7, 11) is 0. The molecule has 0 aliphatic carbocycles. The molecule has 0 atom stereocenters. The SMILES string of the molecule is Cc1cccc2c1OCCC(CO)(CO)C2=O. The number of hydrogen-bond donors (Lipinski definition) is 2. The van der Waals surface area contributed by atoms with Crippen molar-refractivity contribution in [1.82, 2.24) is 0 Å². The predicted octanol–water partition coefficient (Wildman–Crippen LogP) is 0.931. The van der Waals surface area contributed by atoms with Gasteiger partial charge in [-0.1, -0.05) is 12.1 Å². The Bertz CT molecular complexity index is 435. The van der Waals surface area contributed by atoms with Crippen molar-refractivity contribution in [2.45, 2.75) is 13.3 Å². The molecule has 1 heterocycles. The van der Waals surface area contributed by atoms with Gasteiger partial charge >= 0.3 is 0 Å². The molecule has 0 aromatic heterocycles. The van der Waals surface area contributed by atoms with Gasteiger partial charge in [-0.2, -0.15) is 0 Å². The topological polar surface area (TPSA) is 66.8 Å². The summed E-state index contributed by atoms with van der Waals surface area (Å²) < 4.78 is 5.57. The largest absolute Gasteiger partial charge is 0.493 e. The smallest absolute Gasteiger partial charge is 0.177 e. The van der Waals surface area contributed by atoms with Gasteiger partial charge in [0.15, 0.2) is 5.78 Å². The van der Waals surface area contributed by atoms with E-state index in [0.29, 0.717) is 24.3 Å². The number of para-hydroxylation sites is 1. The molecule has 0 saturated carbocycles. The van der Waals surface area contributed by atoms with E-state index < -0.39 is 5.41 Å². The number of ether oxygens (including phenoxy) is 1. The number of rotatable bonds is 2. The highest BCUT2D eigenvalue weighted by atomic mass is 16.5. The van der Waals surface area contributed by atoms with Crippen LogP contribution in [0.1, 0.15) is 22.3 Å². The molecule has 0 bridgehead atoms. The lowest BCUT2D eigenvalue weighted by Crippen LogP contribution is -2.38. The van der Waals surface area contributed by atoms with E-state index in [-0.39, 0.29) is 19.0 Å². The molecule has 92 valence electrons. The van der Waals surface area contributed by atoms with Crippen molar-refractivity contribution in [2.75, 3.05) is 19.8 Å². The molecule has 17 heavy (non-hydrogen) atoms. The van der Waals surface area contributed by atoms with Gasteiger partial charge in [0.25, 0.3) is 0 Å². The molecule has 2 N–H and O–H groups in total. The zero-order valence-corrected chi connectivity index (χ0v) is 9.77. The van der Waals surface area contributed by atoms with Gasteiger partial charge in [-0.05, 0) is 25.0 Å². The van der Waals surface area contributed by atoms with E-state index in [1.54, 1.807) is 12.1 Å². The van der Waals surface area contributed by atoms with E-state index in [1.165, 1.54) is 0 Å². The molecule has 4 heteroatoms. The van der Waals surface area contributed by atoms with Gasteiger partial charge in [0.05, 0.1) is 30.8 Å². The van der Waals surface area contributed by atoms with Crippen LogP contribution in [-0.4, -0.2) is 35.8 Å². The molecular formula is C13H16O4. The Morgan fingerprint density at radius 2 is 2.06 bits per heavy atom. The zero-order valence-electron chi connectivity index (χ0n) is 9.77. The predicted molar refractivity (Wildman–Crippen MR) is 62.2 cm³/mol. The van der Waals surface area contributed by atoms with Crippen LogP contribution in [-0.2, 0) is 0 Å². The number of ketones is 1. The molecule has 1 aromatic carbocycles. The molecule has 4 nitrogen and oxygen atoms in total. The molecule has 0 saturated heterocycles. The lowest BCUT2D eigenvalue weighted by Gasteiger charge is -2.25. The molecule has 0 unspecified atom stereocenters. The fourth-order valence-electron chi connectivity index (χ4n) is 2.12. The van der Waals surface area contributed by atoms with E-state index in [1.807, 2.05) is 13.0 Å². The Hall–Kier alpha value is -1.39. The van der Waals surface area contributed by atoms with E-state index in [9.17, 15) is 15.0 Å². The number of Topliss-reactive ketones (excluding diaryl/α,β-unsaturated/α-hetero) is 1. The summed E-state index contributed by atoms with van der Waals surface area (Å²) in [6.07, 6.45) is 0.326. The van der Waals surface area contributed by atoms with Crippen molar-refractivity contribution < 1.29 is 19.7 Å². The molecule has 0 spiro atoms. The van der Waals surface area contributed by atoms with E-state index in [2.05, 4.69) is 0 Å². The highest BCUT2D eigenvalue weighted by molar-refractivity contribution is 6.03. The number of aliphatic hydroxyl groups is 2. The van der Waals surface area contributed by atoms with Crippen molar-refractivity contribution in [3.63, 3.8) is 0 Å². The monoisotopic (exact) mass is 236 g/mol. The molecule has 1 aromatic rings. The van der Waals surface area contributed by atoms with Crippen molar-refractivity contribution in [3.05, 3.63) is 29.3 Å². The van der Waals surface area contributed by atoms with Crippen LogP contribution in [0.4, 0.5) is 0 Å². The Labute approximate surface area is 99.8 Å². The number of fused-ring (bicyclic) bond motifs is 1. The van der Waals surface area contributed by atoms with Crippen LogP contribution in [0.5, 0.6) is 5.75 Å². The summed E-state index contributed by atoms with van der Waals surface area (Å²) in [5.41, 5.74) is 0.229. The quantitative estimate of drug-likeness (QED) is 0.801. The minimum atomic E-state index is -1.11. The lowest BCUT2D eigenvalue weighted by molar-refractivity contribution is 0.0345. The number of benzene rings is 1. The third kappa shape index (κ3) is 1.83. The van der Waals surface area contributed by atoms with Gasteiger partial charge in [0, 0.05) is 0 Å². The van der Waals surface area contributed by atoms with Crippen molar-refractivity contribution in [2.24, 2.45) is 5.41 Å². The Kier molecular flexibility index (Phi) is 3.17. The number of carbonyl (C=O) groups is 1. The summed E-state index contributed by atoms with van der Waals surface area (Å²) >= 11 is 0. The van der Waals surface area contributed by atoms with Crippen LogP contribution < -0.4 is 4.74 Å². The minimum Gasteiger partial charge on any atom is -0.493 e. The summed E-state index contributed by atoms with van der Waals surface area (Å²) in [5, 5.41) is 18.8. The summed E-state index contributed by atoms with van der Waals surface area (Å²) in [4.78, 5) is 12.4. The Morgan fingerprint density at radius 3 is 2.71 bits per heavy atom. The molecule has 0 fully saturated rings. The molecule has 1 aliphatic rings. The minimum absolute atomic E-state index is 0.237. The van der Waals surface area contributed by atoms with Crippen LogP contribution in [0.25, 0.3) is 0 Å². The highest BCUT2D eigenvalue weighted by Gasteiger charge is 2.41. The number of hydrogen-bond acceptors (Lipinski definition) is 4. The normalized spacial score (nSPS) is 18.2. The van der Waals surface area contributed by atoms with Crippen LogP contribution in [0, 0.1) is 12.3 Å². The fourth-order valence-corrected chi connectivity index (χ4v) is 2.12. The second kappa shape index (κ2) is 4.47. The zero-order chi connectivity index (χ0) is 12.5. The lowest BCUT2D eigenvalue weighted by atomic mass is 9.79. The average molecular weight is 236 g/mol. The van der Waals surface area contributed by atoms with Crippen LogP contribution >= 0.6 is 0 Å².